The number of oxime groups is 1. The molecule has 1 aromatic heterocycles. The predicted molar refractivity (Wildman–Crippen MR) is 70.3 cm³/mol. The Kier molecular flexibility index (Phi) is 3.72. The van der Waals surface area contributed by atoms with E-state index in [1.165, 1.54) is 3.58 Å². The van der Waals surface area contributed by atoms with E-state index in [0.29, 0.717) is 6.42 Å². The first-order valence-corrected chi connectivity index (χ1v) is 15.8. The van der Waals surface area contributed by atoms with Crippen molar-refractivity contribution in [3.63, 3.8) is 0 Å². The molecule has 0 aromatic carbocycles. The molecule has 1 aliphatic heterocycles. The first-order chi connectivity index (χ1) is 8.00. The zero-order chi connectivity index (χ0) is 12.5. The minimum absolute atomic E-state index is 0.00350. The summed E-state index contributed by atoms with van der Waals surface area (Å²) in [5.41, 5.74) is 1.69. The molecule has 1 aromatic rings. The van der Waals surface area contributed by atoms with Crippen LogP contribution >= 0.6 is 0 Å². The SMILES string of the molecule is [CH3][Sn]([CH3])([CH3])[c]1ccc(C2=NOC(CO)C2)nc1. The van der Waals surface area contributed by atoms with E-state index in [1.807, 2.05) is 12.3 Å². The van der Waals surface area contributed by atoms with Gasteiger partial charge in [0.2, 0.25) is 0 Å². The number of hydrogen-bond acceptors (Lipinski definition) is 4. The van der Waals surface area contributed by atoms with E-state index in [4.69, 9.17) is 9.94 Å². The summed E-state index contributed by atoms with van der Waals surface area (Å²) in [4.78, 5) is 16.6. The van der Waals surface area contributed by atoms with Crippen LogP contribution in [0.15, 0.2) is 23.5 Å². The molecule has 0 aliphatic carbocycles. The third kappa shape index (κ3) is 2.98. The Morgan fingerprint density at radius 2 is 2.18 bits per heavy atom. The molecule has 2 heterocycles. The van der Waals surface area contributed by atoms with Gasteiger partial charge in [0.25, 0.3) is 0 Å². The van der Waals surface area contributed by atoms with E-state index in [1.54, 1.807) is 0 Å². The fourth-order valence-electron chi connectivity index (χ4n) is 1.69. The molecular formula is C12H18N2O2Sn. The van der Waals surface area contributed by atoms with Crippen molar-refractivity contribution in [2.45, 2.75) is 27.3 Å². The van der Waals surface area contributed by atoms with Gasteiger partial charge in [0.15, 0.2) is 0 Å². The topological polar surface area (TPSA) is 54.7 Å². The summed E-state index contributed by atoms with van der Waals surface area (Å²) in [6.45, 7) is 0.00350. The summed E-state index contributed by atoms with van der Waals surface area (Å²) in [7, 11) is 0. The van der Waals surface area contributed by atoms with Crippen molar-refractivity contribution in [3.05, 3.63) is 24.0 Å². The second-order valence-electron chi connectivity index (χ2n) is 5.33. The van der Waals surface area contributed by atoms with Crippen molar-refractivity contribution in [3.8, 4) is 0 Å². The van der Waals surface area contributed by atoms with E-state index in [2.05, 4.69) is 31.0 Å². The van der Waals surface area contributed by atoms with Crippen molar-refractivity contribution < 1.29 is 9.94 Å². The van der Waals surface area contributed by atoms with Crippen molar-refractivity contribution in [2.75, 3.05) is 6.61 Å². The van der Waals surface area contributed by atoms with Gasteiger partial charge in [-0.3, -0.25) is 0 Å². The second-order valence-corrected chi connectivity index (χ2v) is 19.8. The average Bonchev–Trinajstić information content (AvgIpc) is 2.76. The van der Waals surface area contributed by atoms with Gasteiger partial charge in [-0.25, -0.2) is 0 Å². The van der Waals surface area contributed by atoms with Gasteiger partial charge in [0, 0.05) is 0 Å². The molecule has 0 amide bonds. The van der Waals surface area contributed by atoms with Crippen molar-refractivity contribution >= 4 is 27.7 Å². The van der Waals surface area contributed by atoms with Gasteiger partial charge in [-0.2, -0.15) is 0 Å². The first-order valence-electron chi connectivity index (χ1n) is 5.81. The summed E-state index contributed by atoms with van der Waals surface area (Å²) in [5, 5.41) is 12.9. The van der Waals surface area contributed by atoms with Gasteiger partial charge in [0.05, 0.1) is 0 Å². The molecule has 0 saturated carbocycles. The Morgan fingerprint density at radius 3 is 2.65 bits per heavy atom. The van der Waals surface area contributed by atoms with Crippen LogP contribution in [-0.4, -0.2) is 46.9 Å². The molecule has 0 spiro atoms. The summed E-state index contributed by atoms with van der Waals surface area (Å²) in [6.07, 6.45) is 2.41. The summed E-state index contributed by atoms with van der Waals surface area (Å²) in [5.74, 6) is 0. The Hall–Kier alpha value is -0.621. The van der Waals surface area contributed by atoms with Crippen LogP contribution in [-0.2, 0) is 4.84 Å². The van der Waals surface area contributed by atoms with Gasteiger partial charge < -0.3 is 0 Å². The van der Waals surface area contributed by atoms with E-state index in [-0.39, 0.29) is 12.7 Å². The number of hydrogen-bond donors (Lipinski definition) is 1. The maximum atomic E-state index is 8.97. The zero-order valence-corrected chi connectivity index (χ0v) is 13.3. The molecule has 1 unspecified atom stereocenters. The molecule has 0 fully saturated rings. The van der Waals surface area contributed by atoms with Crippen molar-refractivity contribution in [1.29, 1.82) is 0 Å². The molecule has 5 heteroatoms. The van der Waals surface area contributed by atoms with Crippen LogP contribution < -0.4 is 3.58 Å². The Bertz CT molecular complexity index is 423. The monoisotopic (exact) mass is 342 g/mol. The summed E-state index contributed by atoms with van der Waals surface area (Å²) >= 11 is -2.00. The molecular weight excluding hydrogens is 323 g/mol. The second kappa shape index (κ2) is 4.94. The van der Waals surface area contributed by atoms with Gasteiger partial charge in [-0.15, -0.1) is 0 Å². The minimum atomic E-state index is -2.00. The van der Waals surface area contributed by atoms with Crippen molar-refractivity contribution in [1.82, 2.24) is 4.98 Å². The molecule has 0 saturated heterocycles. The standard InChI is InChI=1S/C9H9N2O2.3CH3.Sn/c12-6-7-5-9(11-13-7)8-3-1-2-4-10-8;;;;/h1,3-4,7,12H,5-6H2;3*1H3;. The van der Waals surface area contributed by atoms with Gasteiger partial charge in [-0.05, 0) is 0 Å². The van der Waals surface area contributed by atoms with Crippen LogP contribution in [0.1, 0.15) is 12.1 Å². The number of aliphatic hydroxyl groups excluding tert-OH is 1. The van der Waals surface area contributed by atoms with Gasteiger partial charge >= 0.3 is 106 Å². The molecule has 1 atom stereocenters. The summed E-state index contributed by atoms with van der Waals surface area (Å²) < 4.78 is 1.40. The third-order valence-corrected chi connectivity index (χ3v) is 8.65. The van der Waals surface area contributed by atoms with Gasteiger partial charge in [-0.1, -0.05) is 0 Å². The number of pyridine rings is 1. The normalized spacial score (nSPS) is 20.0. The fourth-order valence-corrected chi connectivity index (χ4v) is 4.64. The van der Waals surface area contributed by atoms with Crippen LogP contribution in [0.4, 0.5) is 0 Å². The molecule has 92 valence electrons. The number of rotatable bonds is 3. The van der Waals surface area contributed by atoms with E-state index in [9.17, 15) is 0 Å². The van der Waals surface area contributed by atoms with E-state index >= 15 is 0 Å². The molecule has 0 bridgehead atoms. The van der Waals surface area contributed by atoms with E-state index < -0.39 is 18.4 Å². The number of nitrogens with zero attached hydrogens (tertiary/aromatic N) is 2. The fraction of sp³-hybridized carbons (Fsp3) is 0.500. The predicted octanol–water partition coefficient (Wildman–Crippen LogP) is 1.11. The average molecular weight is 341 g/mol. The van der Waals surface area contributed by atoms with Crippen LogP contribution in [0.25, 0.3) is 0 Å². The number of aliphatic hydroxyl groups is 1. The maximum absolute atomic E-state index is 8.97. The Labute approximate surface area is 106 Å². The van der Waals surface area contributed by atoms with Crippen LogP contribution in [0.3, 0.4) is 0 Å². The third-order valence-electron chi connectivity index (χ3n) is 2.86. The molecule has 4 nitrogen and oxygen atoms in total. The molecule has 0 radical (unpaired) electrons. The first kappa shape index (κ1) is 12.8. The zero-order valence-electron chi connectivity index (χ0n) is 10.5. The summed E-state index contributed by atoms with van der Waals surface area (Å²) in [6, 6.07) is 4.17. The van der Waals surface area contributed by atoms with Crippen LogP contribution in [0.5, 0.6) is 0 Å². The molecule has 1 N–H and O–H groups in total. The Morgan fingerprint density at radius 1 is 1.41 bits per heavy atom. The van der Waals surface area contributed by atoms with E-state index in [0.717, 1.165) is 11.4 Å². The van der Waals surface area contributed by atoms with Crippen molar-refractivity contribution in [2.24, 2.45) is 5.16 Å². The molecule has 1 aliphatic rings. The quantitative estimate of drug-likeness (QED) is 0.839. The Balaban J connectivity index is 2.14. The van der Waals surface area contributed by atoms with Crippen LogP contribution in [0.2, 0.25) is 14.8 Å². The van der Waals surface area contributed by atoms with Gasteiger partial charge in [0.1, 0.15) is 0 Å². The molecule has 2 rings (SSSR count). The van der Waals surface area contributed by atoms with Crippen LogP contribution in [0, 0.1) is 0 Å². The number of aromatic nitrogens is 1. The molecule has 17 heavy (non-hydrogen) atoms.